The summed E-state index contributed by atoms with van der Waals surface area (Å²) in [4.78, 5) is 14.5. The van der Waals surface area contributed by atoms with Crippen LogP contribution in [0.25, 0.3) is 0 Å². The Morgan fingerprint density at radius 2 is 1.90 bits per heavy atom. The van der Waals surface area contributed by atoms with Crippen LogP contribution in [0.15, 0.2) is 42.5 Å². The number of halogens is 1. The van der Waals surface area contributed by atoms with Gasteiger partial charge >= 0.3 is 0 Å². The van der Waals surface area contributed by atoms with Crippen molar-refractivity contribution in [3.05, 3.63) is 53.8 Å². The monoisotopic (exact) mass is 416 g/mol. The smallest absolute Gasteiger partial charge is 0.257 e. The van der Waals surface area contributed by atoms with Gasteiger partial charge in [-0.2, -0.15) is 0 Å². The molecule has 0 saturated carbocycles. The Balaban J connectivity index is 1.44. The fourth-order valence-corrected chi connectivity index (χ4v) is 3.71. The van der Waals surface area contributed by atoms with E-state index in [1.165, 1.54) is 13.2 Å². The number of carbonyl (C=O) groups is 1. The minimum atomic E-state index is -0.351. The topological polar surface area (TPSA) is 60.0 Å². The van der Waals surface area contributed by atoms with Crippen molar-refractivity contribution in [2.75, 3.05) is 40.5 Å². The highest BCUT2D eigenvalue weighted by Crippen LogP contribution is 2.25. The number of para-hydroxylation sites is 2. The molecule has 0 radical (unpaired) electrons. The van der Waals surface area contributed by atoms with E-state index in [1.54, 1.807) is 31.4 Å². The second kappa shape index (κ2) is 10.8. The van der Waals surface area contributed by atoms with Crippen molar-refractivity contribution in [2.24, 2.45) is 5.92 Å². The number of likely N-dealkylation sites (tertiary alicyclic amines) is 1. The van der Waals surface area contributed by atoms with Gasteiger partial charge in [-0.1, -0.05) is 18.2 Å². The first-order valence-corrected chi connectivity index (χ1v) is 10.2. The molecule has 1 amide bonds. The van der Waals surface area contributed by atoms with Crippen LogP contribution in [0.3, 0.4) is 0 Å². The van der Waals surface area contributed by atoms with Crippen molar-refractivity contribution in [3.8, 4) is 17.2 Å². The van der Waals surface area contributed by atoms with E-state index in [1.807, 2.05) is 12.1 Å². The van der Waals surface area contributed by atoms with Gasteiger partial charge in [0.15, 0.2) is 29.7 Å². The lowest BCUT2D eigenvalue weighted by molar-refractivity contribution is -0.123. The third kappa shape index (κ3) is 6.10. The molecule has 2 aromatic carbocycles. The second-order valence-electron chi connectivity index (χ2n) is 7.46. The number of amides is 1. The van der Waals surface area contributed by atoms with Crippen LogP contribution in [0.2, 0.25) is 0 Å². The normalized spacial score (nSPS) is 16.7. The number of carbonyl (C=O) groups excluding carboxylic acids is 1. The zero-order valence-corrected chi connectivity index (χ0v) is 17.5. The molecule has 1 N–H and O–H groups in total. The van der Waals surface area contributed by atoms with Gasteiger partial charge in [0.25, 0.3) is 5.91 Å². The van der Waals surface area contributed by atoms with Crippen molar-refractivity contribution >= 4 is 5.91 Å². The molecule has 30 heavy (non-hydrogen) atoms. The van der Waals surface area contributed by atoms with E-state index < -0.39 is 0 Å². The molecule has 1 aliphatic rings. The summed E-state index contributed by atoms with van der Waals surface area (Å²) in [5.41, 5.74) is 1.02. The maximum absolute atomic E-state index is 13.6. The van der Waals surface area contributed by atoms with Crippen LogP contribution in [0.1, 0.15) is 18.4 Å². The molecule has 0 bridgehead atoms. The van der Waals surface area contributed by atoms with E-state index >= 15 is 0 Å². The third-order valence-electron chi connectivity index (χ3n) is 5.24. The molecule has 1 saturated heterocycles. The number of nitrogens with one attached hydrogen (secondary N) is 1. The fraction of sp³-hybridized carbons (Fsp3) is 0.435. The first-order valence-electron chi connectivity index (χ1n) is 10.2. The number of nitrogens with zero attached hydrogens (tertiary/aromatic N) is 1. The molecule has 0 aliphatic carbocycles. The fourth-order valence-electron chi connectivity index (χ4n) is 3.71. The molecule has 2 aromatic rings. The highest BCUT2D eigenvalue weighted by Gasteiger charge is 2.21. The van der Waals surface area contributed by atoms with Gasteiger partial charge in [0.1, 0.15) is 0 Å². The van der Waals surface area contributed by atoms with Gasteiger partial charge in [-0.15, -0.1) is 0 Å². The Morgan fingerprint density at radius 3 is 2.67 bits per heavy atom. The summed E-state index contributed by atoms with van der Waals surface area (Å²) in [6.45, 7) is 3.16. The van der Waals surface area contributed by atoms with Crippen molar-refractivity contribution in [2.45, 2.75) is 19.4 Å². The first-order chi connectivity index (χ1) is 14.6. The highest BCUT2D eigenvalue weighted by atomic mass is 19.1. The van der Waals surface area contributed by atoms with E-state index in [-0.39, 0.29) is 24.1 Å². The van der Waals surface area contributed by atoms with E-state index in [9.17, 15) is 9.18 Å². The van der Waals surface area contributed by atoms with Gasteiger partial charge in [-0.3, -0.25) is 9.69 Å². The van der Waals surface area contributed by atoms with Crippen LogP contribution >= 0.6 is 0 Å². The van der Waals surface area contributed by atoms with Crippen molar-refractivity contribution in [1.29, 1.82) is 0 Å². The molecule has 0 aromatic heterocycles. The number of rotatable bonds is 9. The number of hydrogen-bond donors (Lipinski definition) is 1. The zero-order valence-electron chi connectivity index (χ0n) is 17.5. The van der Waals surface area contributed by atoms with E-state index in [2.05, 4.69) is 10.2 Å². The van der Waals surface area contributed by atoms with Crippen LogP contribution in [0, 0.1) is 11.7 Å². The lowest BCUT2D eigenvalue weighted by atomic mass is 9.97. The van der Waals surface area contributed by atoms with Crippen LogP contribution in [-0.2, 0) is 11.3 Å². The molecule has 162 valence electrons. The van der Waals surface area contributed by atoms with E-state index in [0.29, 0.717) is 24.0 Å². The second-order valence-corrected chi connectivity index (χ2v) is 7.46. The summed E-state index contributed by atoms with van der Waals surface area (Å²) in [7, 11) is 3.04. The maximum Gasteiger partial charge on any atom is 0.257 e. The van der Waals surface area contributed by atoms with Crippen LogP contribution in [-0.4, -0.2) is 51.3 Å². The Kier molecular flexibility index (Phi) is 7.90. The highest BCUT2D eigenvalue weighted by molar-refractivity contribution is 5.77. The van der Waals surface area contributed by atoms with Crippen molar-refractivity contribution < 1.29 is 23.4 Å². The first kappa shape index (κ1) is 21.9. The van der Waals surface area contributed by atoms with E-state index in [0.717, 1.165) is 38.0 Å². The largest absolute Gasteiger partial charge is 0.494 e. The number of methoxy groups -OCH3 is 2. The lowest BCUT2D eigenvalue weighted by Crippen LogP contribution is -2.41. The minimum absolute atomic E-state index is 0.0494. The molecule has 0 spiro atoms. The van der Waals surface area contributed by atoms with Gasteiger partial charge in [0.05, 0.1) is 14.2 Å². The Labute approximate surface area is 176 Å². The quantitative estimate of drug-likeness (QED) is 0.680. The zero-order chi connectivity index (χ0) is 21.3. The predicted molar refractivity (Wildman–Crippen MR) is 112 cm³/mol. The lowest BCUT2D eigenvalue weighted by Gasteiger charge is -2.33. The van der Waals surface area contributed by atoms with Gasteiger partial charge in [0, 0.05) is 19.6 Å². The maximum atomic E-state index is 13.6. The summed E-state index contributed by atoms with van der Waals surface area (Å²) in [5, 5.41) is 2.97. The molecule has 1 heterocycles. The standard InChI is InChI=1S/C23H29FN2O4/c1-28-20-7-3-4-8-21(20)30-16-23(27)25-13-18-6-5-11-26(15-18)14-17-9-10-19(24)22(12-17)29-2/h3-4,7-10,12,18H,5-6,11,13-16H2,1-2H3,(H,25,27)/t18-/m1/s1. The SMILES string of the molecule is COc1cc(CN2CCC[C@H](CNC(=O)COc3ccccc3OC)C2)ccc1F. The Hall–Kier alpha value is -2.80. The average Bonchev–Trinajstić information content (AvgIpc) is 2.78. The van der Waals surface area contributed by atoms with Gasteiger partial charge in [0.2, 0.25) is 0 Å². The number of benzene rings is 2. The summed E-state index contributed by atoms with van der Waals surface area (Å²) >= 11 is 0. The molecule has 0 unspecified atom stereocenters. The minimum Gasteiger partial charge on any atom is -0.494 e. The van der Waals surface area contributed by atoms with Crippen LogP contribution in [0.5, 0.6) is 17.2 Å². The average molecular weight is 416 g/mol. The third-order valence-corrected chi connectivity index (χ3v) is 5.24. The van der Waals surface area contributed by atoms with Crippen LogP contribution in [0.4, 0.5) is 4.39 Å². The van der Waals surface area contributed by atoms with Crippen molar-refractivity contribution in [3.63, 3.8) is 0 Å². The molecule has 7 heteroatoms. The summed E-state index contributed by atoms with van der Waals surface area (Å²) < 4.78 is 29.5. The summed E-state index contributed by atoms with van der Waals surface area (Å²) in [6.07, 6.45) is 2.13. The Morgan fingerprint density at radius 1 is 1.13 bits per heavy atom. The number of piperidine rings is 1. The van der Waals surface area contributed by atoms with Crippen molar-refractivity contribution in [1.82, 2.24) is 10.2 Å². The molecule has 3 rings (SSSR count). The summed E-state index contributed by atoms with van der Waals surface area (Å²) in [5.74, 6) is 1.29. The Bertz CT molecular complexity index is 846. The number of hydrogen-bond acceptors (Lipinski definition) is 5. The van der Waals surface area contributed by atoms with Gasteiger partial charge in [-0.05, 0) is 55.1 Å². The predicted octanol–water partition coefficient (Wildman–Crippen LogP) is 3.25. The molecular formula is C23H29FN2O4. The molecule has 1 aliphatic heterocycles. The summed E-state index contributed by atoms with van der Waals surface area (Å²) in [6, 6.07) is 12.2. The van der Waals surface area contributed by atoms with Gasteiger partial charge in [-0.25, -0.2) is 4.39 Å². The molecular weight excluding hydrogens is 387 g/mol. The molecule has 1 fully saturated rings. The molecule has 1 atom stereocenters. The number of ether oxygens (including phenoxy) is 3. The van der Waals surface area contributed by atoms with E-state index in [4.69, 9.17) is 14.2 Å². The van der Waals surface area contributed by atoms with Crippen LogP contribution < -0.4 is 19.5 Å². The molecule has 6 nitrogen and oxygen atoms in total. The van der Waals surface area contributed by atoms with Gasteiger partial charge < -0.3 is 19.5 Å².